The Labute approximate surface area is 99.9 Å². The molecular weight excluding hydrogens is 218 g/mol. The first-order valence-electron chi connectivity index (χ1n) is 5.06. The first kappa shape index (κ1) is 12.5. The molecule has 2 aromatic rings. The van der Waals surface area contributed by atoms with E-state index in [1.54, 1.807) is 11.3 Å². The summed E-state index contributed by atoms with van der Waals surface area (Å²) in [7, 11) is 0. The summed E-state index contributed by atoms with van der Waals surface area (Å²) in [5.74, 6) is 0. The van der Waals surface area contributed by atoms with Gasteiger partial charge in [0, 0.05) is 10.9 Å². The van der Waals surface area contributed by atoms with Gasteiger partial charge in [0.1, 0.15) is 5.01 Å². The maximum atomic E-state index is 7.33. The lowest BCUT2D eigenvalue weighted by Crippen LogP contribution is -1.79. The number of benzene rings is 1. The number of aliphatic hydroxyl groups excluding tert-OH is 1. The Hall–Kier alpha value is -1.61. The van der Waals surface area contributed by atoms with Crippen LogP contribution in [-0.2, 0) is 6.42 Å². The Morgan fingerprint density at radius 2 is 2.00 bits per heavy atom. The minimum atomic E-state index is 0.750. The van der Waals surface area contributed by atoms with E-state index in [0.717, 1.165) is 17.7 Å². The predicted octanol–water partition coefficient (Wildman–Crippen LogP) is 4.06. The summed E-state index contributed by atoms with van der Waals surface area (Å²) in [4.78, 5) is 4.52. The second-order valence-corrected chi connectivity index (χ2v) is 3.90. The van der Waals surface area contributed by atoms with Crippen molar-refractivity contribution in [2.24, 2.45) is 0 Å². The minimum Gasteiger partial charge on any atom is -0.516 e. The van der Waals surface area contributed by atoms with Crippen molar-refractivity contribution in [3.05, 3.63) is 54.2 Å². The Morgan fingerprint density at radius 1 is 1.38 bits per heavy atom. The van der Waals surface area contributed by atoms with Crippen molar-refractivity contribution in [1.29, 1.82) is 0 Å². The standard InChI is InChI=1S/C11H11NS.C2H4O/c1-2-10-8-13-11(12-10)9-6-4-3-5-7-9;1-2-3/h3-8H,2H2,1H3;2-3H,1H2. The molecule has 0 atom stereocenters. The van der Waals surface area contributed by atoms with Gasteiger partial charge in [-0.05, 0) is 6.42 Å². The van der Waals surface area contributed by atoms with Crippen LogP contribution in [0.25, 0.3) is 10.6 Å². The summed E-state index contributed by atoms with van der Waals surface area (Å²) in [5, 5.41) is 10.6. The van der Waals surface area contributed by atoms with Crippen molar-refractivity contribution in [2.75, 3.05) is 0 Å². The fraction of sp³-hybridized carbons (Fsp3) is 0.154. The third kappa shape index (κ3) is 3.51. The van der Waals surface area contributed by atoms with Crippen molar-refractivity contribution in [3.63, 3.8) is 0 Å². The Balaban J connectivity index is 0.000000386. The van der Waals surface area contributed by atoms with Gasteiger partial charge in [0.15, 0.2) is 0 Å². The zero-order valence-corrected chi connectivity index (χ0v) is 10.1. The number of hydrogen-bond donors (Lipinski definition) is 1. The van der Waals surface area contributed by atoms with Gasteiger partial charge in [-0.1, -0.05) is 43.8 Å². The van der Waals surface area contributed by atoms with E-state index in [1.807, 2.05) is 18.2 Å². The molecule has 0 amide bonds. The maximum Gasteiger partial charge on any atom is 0.123 e. The molecular formula is C13H15NOS. The van der Waals surface area contributed by atoms with Crippen molar-refractivity contribution in [1.82, 2.24) is 4.98 Å². The van der Waals surface area contributed by atoms with Gasteiger partial charge in [-0.25, -0.2) is 4.98 Å². The average Bonchev–Trinajstić information content (AvgIpc) is 2.80. The zero-order chi connectivity index (χ0) is 11.8. The molecule has 0 unspecified atom stereocenters. The molecule has 1 N–H and O–H groups in total. The molecule has 1 aromatic carbocycles. The summed E-state index contributed by atoms with van der Waals surface area (Å²) in [5.41, 5.74) is 2.40. The predicted molar refractivity (Wildman–Crippen MR) is 69.8 cm³/mol. The highest BCUT2D eigenvalue weighted by Gasteiger charge is 2.01. The van der Waals surface area contributed by atoms with Crippen LogP contribution in [0.15, 0.2) is 48.6 Å². The van der Waals surface area contributed by atoms with Crippen LogP contribution in [0.2, 0.25) is 0 Å². The van der Waals surface area contributed by atoms with Gasteiger partial charge < -0.3 is 5.11 Å². The van der Waals surface area contributed by atoms with Crippen molar-refractivity contribution >= 4 is 11.3 Å². The summed E-state index contributed by atoms with van der Waals surface area (Å²) in [6.07, 6.45) is 1.77. The molecule has 2 nitrogen and oxygen atoms in total. The Morgan fingerprint density at radius 3 is 2.50 bits per heavy atom. The number of thiazole rings is 1. The fourth-order valence-electron chi connectivity index (χ4n) is 1.18. The Kier molecular flexibility index (Phi) is 5.29. The second-order valence-electron chi connectivity index (χ2n) is 3.05. The summed E-state index contributed by atoms with van der Waals surface area (Å²) < 4.78 is 0. The van der Waals surface area contributed by atoms with E-state index in [0.29, 0.717) is 0 Å². The number of aromatic nitrogens is 1. The second kappa shape index (κ2) is 6.80. The summed E-state index contributed by atoms with van der Waals surface area (Å²) >= 11 is 1.72. The SMILES string of the molecule is C=CO.CCc1csc(-c2ccccc2)n1. The monoisotopic (exact) mass is 233 g/mol. The van der Waals surface area contributed by atoms with Gasteiger partial charge in [0.05, 0.1) is 12.0 Å². The number of nitrogens with zero attached hydrogens (tertiary/aromatic N) is 1. The number of aryl methyl sites for hydroxylation is 1. The van der Waals surface area contributed by atoms with E-state index < -0.39 is 0 Å². The largest absolute Gasteiger partial charge is 0.516 e. The van der Waals surface area contributed by atoms with Crippen molar-refractivity contribution < 1.29 is 5.11 Å². The molecule has 0 fully saturated rings. The molecule has 0 saturated heterocycles. The van der Waals surface area contributed by atoms with Crippen LogP contribution in [0.1, 0.15) is 12.6 Å². The molecule has 0 bridgehead atoms. The third-order valence-corrected chi connectivity index (χ3v) is 2.87. The van der Waals surface area contributed by atoms with E-state index in [9.17, 15) is 0 Å². The topological polar surface area (TPSA) is 33.1 Å². The zero-order valence-electron chi connectivity index (χ0n) is 9.26. The van der Waals surface area contributed by atoms with E-state index >= 15 is 0 Å². The lowest BCUT2D eigenvalue weighted by molar-refractivity contribution is 0.476. The molecule has 0 spiro atoms. The summed E-state index contributed by atoms with van der Waals surface area (Å²) in [6, 6.07) is 10.3. The molecule has 3 heteroatoms. The van der Waals surface area contributed by atoms with E-state index in [2.05, 4.69) is 36.0 Å². The van der Waals surface area contributed by atoms with Gasteiger partial charge in [0.2, 0.25) is 0 Å². The van der Waals surface area contributed by atoms with Crippen LogP contribution in [0.5, 0.6) is 0 Å². The maximum absolute atomic E-state index is 7.33. The highest BCUT2D eigenvalue weighted by Crippen LogP contribution is 2.23. The molecule has 1 heterocycles. The number of hydrogen-bond acceptors (Lipinski definition) is 3. The molecule has 1 aromatic heterocycles. The Bertz CT molecular complexity index is 423. The molecule has 16 heavy (non-hydrogen) atoms. The van der Waals surface area contributed by atoms with Gasteiger partial charge in [-0.15, -0.1) is 11.3 Å². The minimum absolute atomic E-state index is 0.750. The highest BCUT2D eigenvalue weighted by molar-refractivity contribution is 7.13. The van der Waals surface area contributed by atoms with Crippen LogP contribution in [-0.4, -0.2) is 10.1 Å². The fourth-order valence-corrected chi connectivity index (χ4v) is 2.09. The van der Waals surface area contributed by atoms with Gasteiger partial charge in [-0.2, -0.15) is 0 Å². The van der Waals surface area contributed by atoms with Gasteiger partial charge in [-0.3, -0.25) is 0 Å². The normalized spacial score (nSPS) is 9.06. The van der Waals surface area contributed by atoms with Crippen LogP contribution in [0.4, 0.5) is 0 Å². The molecule has 0 saturated carbocycles. The average molecular weight is 233 g/mol. The lowest BCUT2D eigenvalue weighted by atomic mass is 10.2. The van der Waals surface area contributed by atoms with Crippen molar-refractivity contribution in [3.8, 4) is 10.6 Å². The third-order valence-electron chi connectivity index (χ3n) is 1.93. The van der Waals surface area contributed by atoms with E-state index in [1.165, 1.54) is 11.3 Å². The van der Waals surface area contributed by atoms with Crippen LogP contribution < -0.4 is 0 Å². The molecule has 0 aliphatic carbocycles. The van der Waals surface area contributed by atoms with Crippen molar-refractivity contribution in [2.45, 2.75) is 13.3 Å². The molecule has 0 aliphatic heterocycles. The first-order valence-corrected chi connectivity index (χ1v) is 5.94. The summed E-state index contributed by atoms with van der Waals surface area (Å²) in [6.45, 7) is 5.05. The lowest BCUT2D eigenvalue weighted by Gasteiger charge is -1.93. The van der Waals surface area contributed by atoms with Gasteiger partial charge in [0.25, 0.3) is 0 Å². The molecule has 0 radical (unpaired) electrons. The number of rotatable bonds is 2. The van der Waals surface area contributed by atoms with Crippen LogP contribution >= 0.6 is 11.3 Å². The van der Waals surface area contributed by atoms with E-state index in [-0.39, 0.29) is 0 Å². The molecule has 84 valence electrons. The quantitative estimate of drug-likeness (QED) is 0.793. The molecule has 0 aliphatic rings. The van der Waals surface area contributed by atoms with Crippen LogP contribution in [0, 0.1) is 0 Å². The molecule has 2 rings (SSSR count). The van der Waals surface area contributed by atoms with Crippen LogP contribution in [0.3, 0.4) is 0 Å². The first-order chi connectivity index (χ1) is 7.81. The van der Waals surface area contributed by atoms with Gasteiger partial charge >= 0.3 is 0 Å². The smallest absolute Gasteiger partial charge is 0.123 e. The van der Waals surface area contributed by atoms with E-state index in [4.69, 9.17) is 5.11 Å². The highest BCUT2D eigenvalue weighted by atomic mass is 32.1. The number of aliphatic hydroxyl groups is 1.